The van der Waals surface area contributed by atoms with Crippen molar-refractivity contribution in [3.05, 3.63) is 23.8 Å². The first-order valence-electron chi connectivity index (χ1n) is 10.0. The van der Waals surface area contributed by atoms with Gasteiger partial charge in [0, 0.05) is 18.3 Å². The molecule has 3 heteroatoms. The van der Waals surface area contributed by atoms with Gasteiger partial charge in [0.05, 0.1) is 0 Å². The van der Waals surface area contributed by atoms with E-state index in [9.17, 15) is 9.59 Å². The number of carbonyl (C=O) groups excluding carboxylic acids is 2. The molecule has 25 heavy (non-hydrogen) atoms. The van der Waals surface area contributed by atoms with Crippen LogP contribution in [-0.2, 0) is 14.3 Å². The molecule has 0 amide bonds. The average molecular weight is 340 g/mol. The topological polar surface area (TPSA) is 43.4 Å². The number of carbonyl (C=O) groups is 2. The van der Waals surface area contributed by atoms with Crippen molar-refractivity contribution in [1.82, 2.24) is 0 Å². The highest BCUT2D eigenvalue weighted by atomic mass is 16.6. The van der Waals surface area contributed by atoms with E-state index in [0.717, 1.165) is 25.7 Å². The minimum Gasteiger partial charge on any atom is -0.458 e. The summed E-state index contributed by atoms with van der Waals surface area (Å²) in [5.74, 6) is 2.08. The van der Waals surface area contributed by atoms with Gasteiger partial charge in [-0.3, -0.25) is 9.59 Å². The minimum absolute atomic E-state index is 0.00570. The van der Waals surface area contributed by atoms with Crippen molar-refractivity contribution >= 4 is 11.8 Å². The van der Waals surface area contributed by atoms with Crippen molar-refractivity contribution in [2.24, 2.45) is 28.6 Å². The molecule has 3 nitrogen and oxygen atoms in total. The van der Waals surface area contributed by atoms with Gasteiger partial charge in [-0.1, -0.05) is 26.0 Å². The fraction of sp³-hybridized carbons (Fsp3) is 0.727. The van der Waals surface area contributed by atoms with Crippen LogP contribution >= 0.6 is 0 Å². The Morgan fingerprint density at radius 1 is 1.00 bits per heavy atom. The van der Waals surface area contributed by atoms with Crippen LogP contribution in [0, 0.1) is 28.6 Å². The predicted octanol–water partition coefficient (Wildman–Crippen LogP) is 4.37. The van der Waals surface area contributed by atoms with E-state index < -0.39 is 0 Å². The monoisotopic (exact) mass is 340 g/mol. The molecule has 0 N–H and O–H groups in total. The van der Waals surface area contributed by atoms with Crippen molar-refractivity contribution < 1.29 is 14.3 Å². The second-order valence-electron chi connectivity index (χ2n) is 9.60. The summed E-state index contributed by atoms with van der Waals surface area (Å²) in [5, 5.41) is 0. The largest absolute Gasteiger partial charge is 0.458 e. The molecule has 1 saturated heterocycles. The standard InChI is InChI=1S/C22H28O3/c1-20-9-5-15(23)13-14(20)3-4-16-17(20)6-10-21(2)18(16)7-11-22(21)12-8-19(24)25-22/h3-4,13,16-18H,5-12H2,1-2H3/t16-,17+,18+,20-,21-,22+/m0/s1. The SMILES string of the molecule is C[C@]12CCC(=O)C=C1C=C[C@H]1[C@H]2CC[C@@]2(C)[C@@H]1CC[C@@]21CCC(=O)O1. The van der Waals surface area contributed by atoms with E-state index in [1.807, 2.05) is 6.08 Å². The van der Waals surface area contributed by atoms with Crippen LogP contribution < -0.4 is 0 Å². The average Bonchev–Trinajstić information content (AvgIpc) is 3.10. The fourth-order valence-corrected chi connectivity index (χ4v) is 7.29. The van der Waals surface area contributed by atoms with E-state index in [-0.39, 0.29) is 28.2 Å². The third-order valence-electron chi connectivity index (χ3n) is 8.85. The summed E-state index contributed by atoms with van der Waals surface area (Å²) in [6.07, 6.45) is 14.3. The molecular formula is C22H28O3. The van der Waals surface area contributed by atoms with Gasteiger partial charge in [-0.05, 0) is 73.3 Å². The first kappa shape index (κ1) is 15.8. The molecule has 0 bridgehead atoms. The number of allylic oxidation sites excluding steroid dienone is 4. The van der Waals surface area contributed by atoms with Crippen LogP contribution in [0.25, 0.3) is 0 Å². The van der Waals surface area contributed by atoms with Gasteiger partial charge in [-0.25, -0.2) is 0 Å². The van der Waals surface area contributed by atoms with Crippen LogP contribution in [0.15, 0.2) is 23.8 Å². The van der Waals surface area contributed by atoms with Crippen molar-refractivity contribution in [2.45, 2.75) is 70.8 Å². The van der Waals surface area contributed by atoms with Gasteiger partial charge in [-0.2, -0.15) is 0 Å². The van der Waals surface area contributed by atoms with Crippen LogP contribution in [-0.4, -0.2) is 17.4 Å². The van der Waals surface area contributed by atoms with Gasteiger partial charge in [0.2, 0.25) is 0 Å². The zero-order valence-corrected chi connectivity index (χ0v) is 15.3. The van der Waals surface area contributed by atoms with Crippen molar-refractivity contribution in [2.75, 3.05) is 0 Å². The lowest BCUT2D eigenvalue weighted by molar-refractivity contribution is -0.165. The number of fused-ring (bicyclic) bond motifs is 6. The molecule has 0 aromatic carbocycles. The molecule has 0 aromatic heterocycles. The number of rotatable bonds is 0. The molecule has 0 unspecified atom stereocenters. The summed E-state index contributed by atoms with van der Waals surface area (Å²) in [7, 11) is 0. The highest BCUT2D eigenvalue weighted by Gasteiger charge is 2.66. The Kier molecular flexibility index (Phi) is 3.08. The Morgan fingerprint density at radius 2 is 1.80 bits per heavy atom. The van der Waals surface area contributed by atoms with Gasteiger partial charge >= 0.3 is 5.97 Å². The molecule has 0 aromatic rings. The summed E-state index contributed by atoms with van der Waals surface area (Å²) >= 11 is 0. The first-order chi connectivity index (χ1) is 11.9. The number of hydrogen-bond acceptors (Lipinski definition) is 3. The Labute approximate surface area is 149 Å². The lowest BCUT2D eigenvalue weighted by Crippen LogP contribution is -2.53. The van der Waals surface area contributed by atoms with E-state index in [0.29, 0.717) is 30.6 Å². The zero-order valence-electron chi connectivity index (χ0n) is 15.3. The molecular weight excluding hydrogens is 312 g/mol. The quantitative estimate of drug-likeness (QED) is 0.615. The molecule has 1 spiro atoms. The van der Waals surface area contributed by atoms with Crippen molar-refractivity contribution in [3.63, 3.8) is 0 Å². The maximum atomic E-state index is 11.9. The van der Waals surface area contributed by atoms with E-state index in [4.69, 9.17) is 4.74 Å². The Hall–Kier alpha value is -1.38. The number of hydrogen-bond donors (Lipinski definition) is 0. The normalized spacial score (nSPS) is 51.0. The van der Waals surface area contributed by atoms with Gasteiger partial charge < -0.3 is 4.74 Å². The van der Waals surface area contributed by atoms with E-state index >= 15 is 0 Å². The molecule has 5 rings (SSSR count). The molecule has 134 valence electrons. The van der Waals surface area contributed by atoms with E-state index in [2.05, 4.69) is 26.0 Å². The maximum Gasteiger partial charge on any atom is 0.306 e. The zero-order chi connectivity index (χ0) is 17.4. The fourth-order valence-electron chi connectivity index (χ4n) is 7.29. The number of ketones is 1. The Bertz CT molecular complexity index is 719. The molecule has 6 atom stereocenters. The molecule has 1 heterocycles. The molecule has 0 radical (unpaired) electrons. The first-order valence-corrected chi connectivity index (χ1v) is 10.0. The van der Waals surface area contributed by atoms with E-state index in [1.165, 1.54) is 18.4 Å². The van der Waals surface area contributed by atoms with E-state index in [1.54, 1.807) is 0 Å². The van der Waals surface area contributed by atoms with Crippen LogP contribution in [0.2, 0.25) is 0 Å². The van der Waals surface area contributed by atoms with Crippen LogP contribution in [0.5, 0.6) is 0 Å². The van der Waals surface area contributed by atoms with Crippen LogP contribution in [0.4, 0.5) is 0 Å². The smallest absolute Gasteiger partial charge is 0.306 e. The third kappa shape index (κ3) is 1.88. The summed E-state index contributed by atoms with van der Waals surface area (Å²) in [6.45, 7) is 4.78. The second kappa shape index (κ2) is 4.86. The Balaban J connectivity index is 1.53. The molecule has 3 fully saturated rings. The number of ether oxygens (including phenoxy) is 1. The summed E-state index contributed by atoms with van der Waals surface area (Å²) in [5.41, 5.74) is 1.32. The van der Waals surface area contributed by atoms with Crippen LogP contribution in [0.3, 0.4) is 0 Å². The maximum absolute atomic E-state index is 11.9. The predicted molar refractivity (Wildman–Crippen MR) is 94.7 cm³/mol. The summed E-state index contributed by atoms with van der Waals surface area (Å²) in [6, 6.07) is 0. The highest BCUT2D eigenvalue weighted by Crippen LogP contribution is 2.68. The minimum atomic E-state index is -0.201. The van der Waals surface area contributed by atoms with Gasteiger partial charge in [0.1, 0.15) is 5.60 Å². The van der Waals surface area contributed by atoms with Crippen molar-refractivity contribution in [3.8, 4) is 0 Å². The summed E-state index contributed by atoms with van der Waals surface area (Å²) in [4.78, 5) is 23.8. The van der Waals surface area contributed by atoms with Gasteiger partial charge in [-0.15, -0.1) is 0 Å². The van der Waals surface area contributed by atoms with Gasteiger partial charge in [0.25, 0.3) is 0 Å². The molecule has 2 saturated carbocycles. The number of esters is 1. The molecule has 1 aliphatic heterocycles. The third-order valence-corrected chi connectivity index (χ3v) is 8.85. The lowest BCUT2D eigenvalue weighted by atomic mass is 9.48. The van der Waals surface area contributed by atoms with Crippen LogP contribution in [0.1, 0.15) is 65.2 Å². The molecule has 5 aliphatic rings. The lowest BCUT2D eigenvalue weighted by Gasteiger charge is -2.57. The second-order valence-corrected chi connectivity index (χ2v) is 9.60. The molecule has 4 aliphatic carbocycles. The summed E-state index contributed by atoms with van der Waals surface area (Å²) < 4.78 is 5.99. The van der Waals surface area contributed by atoms with Crippen molar-refractivity contribution in [1.29, 1.82) is 0 Å². The Morgan fingerprint density at radius 3 is 2.56 bits per heavy atom. The van der Waals surface area contributed by atoms with Gasteiger partial charge in [0.15, 0.2) is 5.78 Å². The highest BCUT2D eigenvalue weighted by molar-refractivity contribution is 5.92.